The summed E-state index contributed by atoms with van der Waals surface area (Å²) in [7, 11) is 0. The fourth-order valence-electron chi connectivity index (χ4n) is 3.77. The summed E-state index contributed by atoms with van der Waals surface area (Å²) < 4.78 is 6.34. The Balaban J connectivity index is 1.82. The van der Waals surface area contributed by atoms with Gasteiger partial charge in [0.2, 0.25) is 0 Å². The molecule has 2 aliphatic carbocycles. The van der Waals surface area contributed by atoms with Crippen molar-refractivity contribution in [3.63, 3.8) is 0 Å². The summed E-state index contributed by atoms with van der Waals surface area (Å²) in [5.74, 6) is 2.72. The van der Waals surface area contributed by atoms with Crippen molar-refractivity contribution in [2.45, 2.75) is 77.7 Å². The molecule has 2 rings (SSSR count). The van der Waals surface area contributed by atoms with Crippen molar-refractivity contribution >= 4 is 12.6 Å². The van der Waals surface area contributed by atoms with Crippen LogP contribution >= 0.6 is 12.6 Å². The Morgan fingerprint density at radius 3 is 2.26 bits per heavy atom. The van der Waals surface area contributed by atoms with E-state index >= 15 is 0 Å². The molecule has 3 unspecified atom stereocenters. The average molecular weight is 285 g/mol. The van der Waals surface area contributed by atoms with Gasteiger partial charge in [-0.2, -0.15) is 12.6 Å². The molecule has 1 nitrogen and oxygen atoms in total. The summed E-state index contributed by atoms with van der Waals surface area (Å²) in [6.45, 7) is 5.74. The third-order valence-corrected chi connectivity index (χ3v) is 6.35. The first-order chi connectivity index (χ1) is 9.15. The molecule has 2 saturated carbocycles. The first-order valence-electron chi connectivity index (χ1n) is 8.38. The monoisotopic (exact) mass is 284 g/mol. The zero-order valence-corrected chi connectivity index (χ0v) is 13.8. The molecule has 3 atom stereocenters. The van der Waals surface area contributed by atoms with Gasteiger partial charge in [0.25, 0.3) is 0 Å². The van der Waals surface area contributed by atoms with Crippen LogP contribution in [0.4, 0.5) is 0 Å². The van der Waals surface area contributed by atoms with Crippen LogP contribution in [0.5, 0.6) is 0 Å². The smallest absolute Gasteiger partial charge is 0.0578 e. The molecule has 2 aliphatic rings. The highest BCUT2D eigenvalue weighted by Gasteiger charge is 2.32. The van der Waals surface area contributed by atoms with E-state index in [1.807, 2.05) is 0 Å². The summed E-state index contributed by atoms with van der Waals surface area (Å²) in [6, 6.07) is 0. The van der Waals surface area contributed by atoms with Crippen molar-refractivity contribution in [3.05, 3.63) is 0 Å². The van der Waals surface area contributed by atoms with E-state index in [0.29, 0.717) is 11.5 Å². The molecule has 0 aromatic rings. The van der Waals surface area contributed by atoms with Gasteiger partial charge in [-0.25, -0.2) is 0 Å². The highest BCUT2D eigenvalue weighted by molar-refractivity contribution is 7.80. The van der Waals surface area contributed by atoms with E-state index < -0.39 is 0 Å². The number of hydrogen-bond donors (Lipinski definition) is 1. The van der Waals surface area contributed by atoms with Crippen molar-refractivity contribution < 1.29 is 4.74 Å². The van der Waals surface area contributed by atoms with E-state index in [1.165, 1.54) is 57.8 Å². The minimum absolute atomic E-state index is 0.381. The molecule has 0 amide bonds. The largest absolute Gasteiger partial charge is 0.378 e. The molecule has 19 heavy (non-hydrogen) atoms. The van der Waals surface area contributed by atoms with Crippen molar-refractivity contribution in [1.82, 2.24) is 0 Å². The Bertz CT molecular complexity index is 258. The molecule has 0 N–H and O–H groups in total. The number of thiol groups is 1. The Labute approximate surface area is 125 Å². The molecule has 0 aromatic heterocycles. The topological polar surface area (TPSA) is 9.23 Å². The van der Waals surface area contributed by atoms with Gasteiger partial charge in [-0.1, -0.05) is 39.5 Å². The van der Waals surface area contributed by atoms with Crippen LogP contribution in [-0.2, 0) is 4.74 Å². The third kappa shape index (κ3) is 4.39. The van der Waals surface area contributed by atoms with Crippen LogP contribution in [-0.4, -0.2) is 18.5 Å². The standard InChI is InChI=1S/C17H32OS/c1-14-7-8-16(11-15(14)2)18-12-17(13-19)9-5-3-4-6-10-17/h14-16,19H,3-13H2,1-2H3. The summed E-state index contributed by atoms with van der Waals surface area (Å²) in [5, 5.41) is 0. The molecular weight excluding hydrogens is 252 g/mol. The normalized spacial score (nSPS) is 35.8. The SMILES string of the molecule is CC1CCC(OCC2(CS)CCCCCC2)CC1C. The summed E-state index contributed by atoms with van der Waals surface area (Å²) in [5.41, 5.74) is 0.381. The van der Waals surface area contributed by atoms with Gasteiger partial charge in [0.05, 0.1) is 12.7 Å². The molecule has 2 fully saturated rings. The predicted molar refractivity (Wildman–Crippen MR) is 85.9 cm³/mol. The zero-order chi connectivity index (χ0) is 13.7. The lowest BCUT2D eigenvalue weighted by molar-refractivity contribution is -0.0395. The van der Waals surface area contributed by atoms with Gasteiger partial charge in [0.1, 0.15) is 0 Å². The lowest BCUT2D eigenvalue weighted by Gasteiger charge is -2.36. The Morgan fingerprint density at radius 1 is 1.00 bits per heavy atom. The van der Waals surface area contributed by atoms with Gasteiger partial charge >= 0.3 is 0 Å². The molecule has 0 spiro atoms. The highest BCUT2D eigenvalue weighted by atomic mass is 32.1. The van der Waals surface area contributed by atoms with Gasteiger partial charge in [-0.3, -0.25) is 0 Å². The van der Waals surface area contributed by atoms with Crippen LogP contribution in [0.15, 0.2) is 0 Å². The zero-order valence-electron chi connectivity index (χ0n) is 12.9. The molecule has 0 aromatic carbocycles. The molecule has 0 saturated heterocycles. The minimum Gasteiger partial charge on any atom is -0.378 e. The van der Waals surface area contributed by atoms with Crippen LogP contribution < -0.4 is 0 Å². The predicted octanol–water partition coefficient (Wildman–Crippen LogP) is 5.10. The molecule has 2 heteroatoms. The first-order valence-corrected chi connectivity index (χ1v) is 9.01. The van der Waals surface area contributed by atoms with Crippen LogP contribution in [0.3, 0.4) is 0 Å². The van der Waals surface area contributed by atoms with Gasteiger partial charge in [0, 0.05) is 5.41 Å². The average Bonchev–Trinajstić information content (AvgIpc) is 2.66. The second-order valence-electron chi connectivity index (χ2n) is 7.27. The van der Waals surface area contributed by atoms with Crippen LogP contribution in [0.25, 0.3) is 0 Å². The van der Waals surface area contributed by atoms with E-state index in [1.54, 1.807) is 0 Å². The molecule has 0 radical (unpaired) electrons. The van der Waals surface area contributed by atoms with E-state index in [9.17, 15) is 0 Å². The van der Waals surface area contributed by atoms with E-state index in [2.05, 4.69) is 26.5 Å². The van der Waals surface area contributed by atoms with Crippen molar-refractivity contribution in [2.75, 3.05) is 12.4 Å². The van der Waals surface area contributed by atoms with E-state index in [4.69, 9.17) is 4.74 Å². The molecular formula is C17H32OS. The number of hydrogen-bond acceptors (Lipinski definition) is 2. The Kier molecular flexibility index (Phi) is 6.08. The number of ether oxygens (including phenoxy) is 1. The second kappa shape index (κ2) is 7.36. The van der Waals surface area contributed by atoms with Gasteiger partial charge in [-0.05, 0) is 49.7 Å². The Morgan fingerprint density at radius 2 is 1.68 bits per heavy atom. The van der Waals surface area contributed by atoms with Crippen LogP contribution in [0, 0.1) is 17.3 Å². The molecule has 0 bridgehead atoms. The summed E-state index contributed by atoms with van der Waals surface area (Å²) >= 11 is 4.65. The molecule has 0 heterocycles. The summed E-state index contributed by atoms with van der Waals surface area (Å²) in [4.78, 5) is 0. The maximum absolute atomic E-state index is 6.34. The Hall–Kier alpha value is 0.310. The molecule has 112 valence electrons. The third-order valence-electron chi connectivity index (χ3n) is 5.67. The first kappa shape index (κ1) is 15.7. The second-order valence-corrected chi connectivity index (χ2v) is 7.59. The molecule has 0 aliphatic heterocycles. The van der Waals surface area contributed by atoms with E-state index in [-0.39, 0.29) is 0 Å². The maximum atomic E-state index is 6.34. The van der Waals surface area contributed by atoms with Gasteiger partial charge in [-0.15, -0.1) is 0 Å². The van der Waals surface area contributed by atoms with Gasteiger partial charge in [0.15, 0.2) is 0 Å². The van der Waals surface area contributed by atoms with Gasteiger partial charge < -0.3 is 4.74 Å². The highest BCUT2D eigenvalue weighted by Crippen LogP contribution is 2.38. The fraction of sp³-hybridized carbons (Fsp3) is 1.00. The fourth-order valence-corrected chi connectivity index (χ4v) is 4.18. The van der Waals surface area contributed by atoms with E-state index in [0.717, 1.165) is 24.2 Å². The van der Waals surface area contributed by atoms with Crippen molar-refractivity contribution in [1.29, 1.82) is 0 Å². The van der Waals surface area contributed by atoms with Crippen LogP contribution in [0.2, 0.25) is 0 Å². The number of rotatable bonds is 4. The summed E-state index contributed by atoms with van der Waals surface area (Å²) in [6.07, 6.45) is 12.6. The lowest BCUT2D eigenvalue weighted by atomic mass is 9.79. The lowest BCUT2D eigenvalue weighted by Crippen LogP contribution is -2.34. The van der Waals surface area contributed by atoms with Crippen LogP contribution in [0.1, 0.15) is 71.6 Å². The van der Waals surface area contributed by atoms with Crippen molar-refractivity contribution in [2.24, 2.45) is 17.3 Å². The van der Waals surface area contributed by atoms with Crippen molar-refractivity contribution in [3.8, 4) is 0 Å². The minimum atomic E-state index is 0.381. The quantitative estimate of drug-likeness (QED) is 0.558. The maximum Gasteiger partial charge on any atom is 0.0578 e.